The number of allylic oxidation sites excluding steroid dienone is 2. The lowest BCUT2D eigenvalue weighted by molar-refractivity contribution is 0.244. The summed E-state index contributed by atoms with van der Waals surface area (Å²) in [5, 5.41) is 0. The van der Waals surface area contributed by atoms with Crippen molar-refractivity contribution in [3.63, 3.8) is 0 Å². The molecule has 0 bridgehead atoms. The van der Waals surface area contributed by atoms with Gasteiger partial charge in [0.25, 0.3) is 0 Å². The Balaban J connectivity index is 1.87. The third-order valence-electron chi connectivity index (χ3n) is 8.90. The van der Waals surface area contributed by atoms with Crippen molar-refractivity contribution in [3.8, 4) is 0 Å². The minimum absolute atomic E-state index is 0.216. The molecule has 0 heterocycles. The maximum atomic E-state index is 15.2. The fourth-order valence-corrected chi connectivity index (χ4v) is 7.97. The molecule has 1 aliphatic rings. The zero-order chi connectivity index (χ0) is 30.0. The quantitative estimate of drug-likeness (QED) is 0.217. The zero-order valence-electron chi connectivity index (χ0n) is 25.0. The van der Waals surface area contributed by atoms with Crippen LogP contribution < -0.4 is 5.73 Å². The first-order valence-corrected chi connectivity index (χ1v) is 16.0. The van der Waals surface area contributed by atoms with E-state index in [1.54, 1.807) is 16.4 Å². The fraction of sp³-hybridized carbons (Fsp3) is 0.243. The number of hydrogen-bond donors (Lipinski definition) is 1. The molecule has 0 fully saturated rings. The van der Waals surface area contributed by atoms with Crippen LogP contribution in [0.1, 0.15) is 68.1 Å². The van der Waals surface area contributed by atoms with Crippen LogP contribution in [0.4, 0.5) is 0 Å². The molecule has 5 rings (SSSR count). The number of hydrogen-bond acceptors (Lipinski definition) is 3. The summed E-state index contributed by atoms with van der Waals surface area (Å²) in [5.74, 6) is 0.216. The van der Waals surface area contributed by atoms with Crippen LogP contribution >= 0.6 is 0 Å². The highest BCUT2D eigenvalue weighted by Gasteiger charge is 2.45. The number of benzene rings is 4. The van der Waals surface area contributed by atoms with Crippen molar-refractivity contribution in [2.24, 2.45) is 11.7 Å². The summed E-state index contributed by atoms with van der Waals surface area (Å²) in [5.41, 5.74) is 15.4. The Kier molecular flexibility index (Phi) is 8.65. The lowest BCUT2D eigenvalue weighted by Gasteiger charge is -2.41. The first-order chi connectivity index (χ1) is 20.1. The molecule has 4 nitrogen and oxygen atoms in total. The van der Waals surface area contributed by atoms with Gasteiger partial charge in [-0.1, -0.05) is 127 Å². The third kappa shape index (κ3) is 5.52. The molecule has 4 aromatic rings. The molecular weight excluding hydrogens is 536 g/mol. The van der Waals surface area contributed by atoms with E-state index in [1.807, 2.05) is 110 Å². The number of rotatable bonds is 9. The van der Waals surface area contributed by atoms with Gasteiger partial charge in [-0.25, -0.2) is 8.42 Å². The predicted octanol–water partition coefficient (Wildman–Crippen LogP) is 8.47. The number of nitrogens with zero attached hydrogens (tertiary/aromatic N) is 1. The Morgan fingerprint density at radius 1 is 0.643 bits per heavy atom. The van der Waals surface area contributed by atoms with Crippen LogP contribution in [-0.4, -0.2) is 12.7 Å². The Morgan fingerprint density at radius 3 is 1.60 bits per heavy atom. The van der Waals surface area contributed by atoms with E-state index in [0.29, 0.717) is 0 Å². The molecule has 2 N–H and O–H groups in total. The highest BCUT2D eigenvalue weighted by atomic mass is 32.2. The van der Waals surface area contributed by atoms with Gasteiger partial charge >= 0.3 is 0 Å². The molecule has 0 saturated carbocycles. The van der Waals surface area contributed by atoms with E-state index in [-0.39, 0.29) is 10.8 Å². The lowest BCUT2D eigenvalue weighted by Crippen LogP contribution is -2.43. The van der Waals surface area contributed by atoms with Crippen molar-refractivity contribution >= 4 is 10.0 Å². The van der Waals surface area contributed by atoms with Gasteiger partial charge < -0.3 is 5.73 Å². The van der Waals surface area contributed by atoms with Crippen molar-refractivity contribution in [3.05, 3.63) is 160 Å². The molecule has 2 unspecified atom stereocenters. The standard InChI is InChI=1S/C37H40N2O2S/c1-25-21-23-33(24-22-25)42(40,41)39(37(32-19-13-8-14-20-32)35(38)30-15-9-6-10-16-30)36(31-17-11-7-12-18-31)34-28(4)26(2)27(3)29(34)5/h6-24,26,35-37H,38H2,1-5H3/t26?,35-,36?,37-/m1/s1. The first kappa shape index (κ1) is 29.7. The molecule has 0 radical (unpaired) electrons. The van der Waals surface area contributed by atoms with Gasteiger partial charge in [0.05, 0.1) is 23.0 Å². The minimum Gasteiger partial charge on any atom is -0.322 e. The fourth-order valence-electron chi connectivity index (χ4n) is 6.19. The number of sulfonamides is 1. The van der Waals surface area contributed by atoms with E-state index in [2.05, 4.69) is 27.7 Å². The Bertz CT molecular complexity index is 1690. The maximum absolute atomic E-state index is 15.2. The van der Waals surface area contributed by atoms with E-state index in [4.69, 9.17) is 5.73 Å². The second-order valence-corrected chi connectivity index (χ2v) is 13.2. The molecule has 0 aromatic heterocycles. The molecule has 0 saturated heterocycles. The van der Waals surface area contributed by atoms with Crippen LogP contribution in [0, 0.1) is 12.8 Å². The molecule has 0 spiro atoms. The second-order valence-electron chi connectivity index (χ2n) is 11.4. The van der Waals surface area contributed by atoms with Crippen molar-refractivity contribution in [2.45, 2.75) is 57.6 Å². The van der Waals surface area contributed by atoms with Gasteiger partial charge in [0, 0.05) is 0 Å². The molecule has 5 heteroatoms. The van der Waals surface area contributed by atoms with Crippen molar-refractivity contribution in [1.29, 1.82) is 0 Å². The molecular formula is C37H40N2O2S. The van der Waals surface area contributed by atoms with Crippen molar-refractivity contribution in [1.82, 2.24) is 4.31 Å². The maximum Gasteiger partial charge on any atom is 0.244 e. The molecule has 4 atom stereocenters. The molecule has 0 aliphatic heterocycles. The van der Waals surface area contributed by atoms with Crippen LogP contribution in [0.15, 0.2) is 142 Å². The summed E-state index contributed by atoms with van der Waals surface area (Å²) in [6, 6.07) is 34.8. The Hall–Kier alpha value is -3.77. The predicted molar refractivity (Wildman–Crippen MR) is 172 cm³/mol. The van der Waals surface area contributed by atoms with E-state index < -0.39 is 28.1 Å². The average Bonchev–Trinajstić information content (AvgIpc) is 3.20. The molecule has 216 valence electrons. The number of nitrogens with two attached hydrogens (primary N) is 1. The zero-order valence-corrected chi connectivity index (χ0v) is 25.8. The van der Waals surface area contributed by atoms with Crippen LogP contribution in [-0.2, 0) is 10.0 Å². The third-order valence-corrected chi connectivity index (χ3v) is 10.8. The van der Waals surface area contributed by atoms with Gasteiger partial charge in [-0.3, -0.25) is 0 Å². The summed E-state index contributed by atoms with van der Waals surface area (Å²) in [6.45, 7) is 10.6. The largest absolute Gasteiger partial charge is 0.322 e. The van der Waals surface area contributed by atoms with E-state index in [0.717, 1.165) is 33.4 Å². The van der Waals surface area contributed by atoms with E-state index >= 15 is 8.42 Å². The Morgan fingerprint density at radius 2 is 1.12 bits per heavy atom. The summed E-state index contributed by atoms with van der Waals surface area (Å²) in [7, 11) is -4.09. The van der Waals surface area contributed by atoms with Gasteiger partial charge in [0.15, 0.2) is 0 Å². The summed E-state index contributed by atoms with van der Waals surface area (Å²) >= 11 is 0. The topological polar surface area (TPSA) is 63.4 Å². The molecule has 0 amide bonds. The monoisotopic (exact) mass is 576 g/mol. The molecule has 4 aromatic carbocycles. The van der Waals surface area contributed by atoms with E-state index in [1.165, 1.54) is 11.1 Å². The van der Waals surface area contributed by atoms with Crippen LogP contribution in [0.5, 0.6) is 0 Å². The summed E-state index contributed by atoms with van der Waals surface area (Å²) in [4.78, 5) is 0.248. The van der Waals surface area contributed by atoms with Crippen molar-refractivity contribution < 1.29 is 8.42 Å². The van der Waals surface area contributed by atoms with Crippen LogP contribution in [0.2, 0.25) is 0 Å². The first-order valence-electron chi connectivity index (χ1n) is 14.5. The lowest BCUT2D eigenvalue weighted by atomic mass is 9.88. The van der Waals surface area contributed by atoms with Crippen molar-refractivity contribution in [2.75, 3.05) is 0 Å². The minimum atomic E-state index is -4.09. The van der Waals surface area contributed by atoms with Crippen LogP contribution in [0.3, 0.4) is 0 Å². The van der Waals surface area contributed by atoms with Gasteiger partial charge in [-0.05, 0) is 73.6 Å². The van der Waals surface area contributed by atoms with E-state index in [9.17, 15) is 0 Å². The number of aryl methyl sites for hydroxylation is 1. The van der Waals surface area contributed by atoms with Gasteiger partial charge in [0.1, 0.15) is 0 Å². The molecule has 1 aliphatic carbocycles. The molecule has 42 heavy (non-hydrogen) atoms. The second kappa shape index (κ2) is 12.2. The Labute approximate surface area is 251 Å². The van der Waals surface area contributed by atoms with Gasteiger partial charge in [0.2, 0.25) is 10.0 Å². The smallest absolute Gasteiger partial charge is 0.244 e. The van der Waals surface area contributed by atoms with Gasteiger partial charge in [-0.15, -0.1) is 0 Å². The normalized spacial score (nSPS) is 17.9. The van der Waals surface area contributed by atoms with Crippen LogP contribution in [0.25, 0.3) is 0 Å². The highest BCUT2D eigenvalue weighted by molar-refractivity contribution is 7.89. The van der Waals surface area contributed by atoms with Gasteiger partial charge in [-0.2, -0.15) is 4.31 Å². The highest BCUT2D eigenvalue weighted by Crippen LogP contribution is 2.50. The average molecular weight is 577 g/mol. The summed E-state index contributed by atoms with van der Waals surface area (Å²) in [6.07, 6.45) is 0. The SMILES string of the molecule is CC1=C(C)C(C)C(C)=C1C(c1ccccc1)N([C@H](c1ccccc1)[C@H](N)c1ccccc1)S(=O)(=O)c1ccc(C)cc1. The summed E-state index contributed by atoms with van der Waals surface area (Å²) < 4.78 is 32.0.